The number of carboxylic acid groups (broad SMARTS) is 1. The van der Waals surface area contributed by atoms with Gasteiger partial charge in [0.05, 0.1) is 12.0 Å². The van der Waals surface area contributed by atoms with E-state index in [0.717, 1.165) is 25.9 Å². The first-order valence-electron chi connectivity index (χ1n) is 6.99. The van der Waals surface area contributed by atoms with Gasteiger partial charge in [-0.15, -0.1) is 0 Å². The quantitative estimate of drug-likeness (QED) is 0.756. The molecule has 2 aliphatic rings. The highest BCUT2D eigenvalue weighted by atomic mass is 16.5. The first-order chi connectivity index (χ1) is 9.16. The Morgan fingerprint density at radius 3 is 2.37 bits per heavy atom. The molecule has 2 saturated heterocycles. The van der Waals surface area contributed by atoms with Crippen molar-refractivity contribution in [2.24, 2.45) is 5.92 Å². The third kappa shape index (κ3) is 4.18. The van der Waals surface area contributed by atoms with Crippen molar-refractivity contribution in [1.29, 1.82) is 0 Å². The van der Waals surface area contributed by atoms with Gasteiger partial charge in [0.15, 0.2) is 0 Å². The van der Waals surface area contributed by atoms with E-state index in [1.54, 1.807) is 4.90 Å². The van der Waals surface area contributed by atoms with Gasteiger partial charge in [0, 0.05) is 13.1 Å². The number of carbonyl (C=O) groups is 2. The second-order valence-corrected chi connectivity index (χ2v) is 5.25. The molecule has 2 N–H and O–H groups in total. The number of likely N-dealkylation sites (tertiary alicyclic amines) is 1. The van der Waals surface area contributed by atoms with Crippen LogP contribution in [0.3, 0.4) is 0 Å². The molecular weight excluding hydrogens is 248 g/mol. The summed E-state index contributed by atoms with van der Waals surface area (Å²) in [7, 11) is 0. The highest BCUT2D eigenvalue weighted by Gasteiger charge is 2.27. The van der Waals surface area contributed by atoms with E-state index in [-0.39, 0.29) is 24.5 Å². The van der Waals surface area contributed by atoms with Crippen molar-refractivity contribution in [3.05, 3.63) is 0 Å². The maximum atomic E-state index is 12.0. The van der Waals surface area contributed by atoms with Crippen LogP contribution in [0.4, 0.5) is 0 Å². The third-order valence-electron chi connectivity index (χ3n) is 3.93. The molecule has 2 fully saturated rings. The van der Waals surface area contributed by atoms with Gasteiger partial charge in [0.1, 0.15) is 6.61 Å². The molecule has 0 bridgehead atoms. The number of piperidine rings is 2. The van der Waals surface area contributed by atoms with E-state index in [0.29, 0.717) is 25.9 Å². The summed E-state index contributed by atoms with van der Waals surface area (Å²) in [5.41, 5.74) is 0. The van der Waals surface area contributed by atoms with Gasteiger partial charge in [-0.25, -0.2) is 0 Å². The summed E-state index contributed by atoms with van der Waals surface area (Å²) in [6.45, 7) is 3.09. The van der Waals surface area contributed by atoms with Crippen LogP contribution in [0.25, 0.3) is 0 Å². The summed E-state index contributed by atoms with van der Waals surface area (Å²) >= 11 is 0. The van der Waals surface area contributed by atoms with E-state index < -0.39 is 5.97 Å². The Bertz CT molecular complexity index is 321. The lowest BCUT2D eigenvalue weighted by molar-refractivity contribution is -0.147. The average molecular weight is 270 g/mol. The predicted octanol–water partition coefficient (Wildman–Crippen LogP) is 0.0782. The average Bonchev–Trinajstić information content (AvgIpc) is 2.46. The lowest BCUT2D eigenvalue weighted by atomic mass is 9.97. The Kier molecular flexibility index (Phi) is 5.15. The fourth-order valence-corrected chi connectivity index (χ4v) is 2.62. The minimum atomic E-state index is -0.752. The van der Waals surface area contributed by atoms with Gasteiger partial charge in [0.2, 0.25) is 5.91 Å². The summed E-state index contributed by atoms with van der Waals surface area (Å²) in [6.07, 6.45) is 3.19. The summed E-state index contributed by atoms with van der Waals surface area (Å²) in [6, 6.07) is 0. The second kappa shape index (κ2) is 6.86. The first-order valence-corrected chi connectivity index (χ1v) is 6.99. The molecule has 19 heavy (non-hydrogen) atoms. The van der Waals surface area contributed by atoms with Crippen LogP contribution in [0.1, 0.15) is 25.7 Å². The molecule has 1 amide bonds. The van der Waals surface area contributed by atoms with Gasteiger partial charge in [-0.1, -0.05) is 0 Å². The molecule has 0 aromatic heterocycles. The molecule has 0 spiro atoms. The number of nitrogens with one attached hydrogen (secondary N) is 1. The smallest absolute Gasteiger partial charge is 0.306 e. The number of nitrogens with zero attached hydrogens (tertiary/aromatic N) is 1. The number of rotatable bonds is 4. The highest BCUT2D eigenvalue weighted by Crippen LogP contribution is 2.17. The fraction of sp³-hybridized carbons (Fsp3) is 0.846. The largest absolute Gasteiger partial charge is 0.481 e. The Morgan fingerprint density at radius 2 is 1.79 bits per heavy atom. The van der Waals surface area contributed by atoms with Gasteiger partial charge >= 0.3 is 5.97 Å². The minimum Gasteiger partial charge on any atom is -0.481 e. The molecule has 0 radical (unpaired) electrons. The van der Waals surface area contributed by atoms with Crippen LogP contribution in [-0.2, 0) is 14.3 Å². The molecular formula is C13H22N2O4. The molecule has 6 nitrogen and oxygen atoms in total. The molecule has 2 rings (SSSR count). The van der Waals surface area contributed by atoms with Crippen LogP contribution in [0.15, 0.2) is 0 Å². The van der Waals surface area contributed by atoms with Gasteiger partial charge in [-0.3, -0.25) is 9.59 Å². The summed E-state index contributed by atoms with van der Waals surface area (Å²) in [4.78, 5) is 24.5. The number of carbonyl (C=O) groups excluding carboxylic acids is 1. The molecule has 6 heteroatoms. The van der Waals surface area contributed by atoms with Crippen LogP contribution >= 0.6 is 0 Å². The van der Waals surface area contributed by atoms with Crippen LogP contribution in [0.5, 0.6) is 0 Å². The van der Waals surface area contributed by atoms with Crippen LogP contribution in [0.2, 0.25) is 0 Å². The SMILES string of the molecule is O=C(O)C1CCN(C(=O)COC2CCNCC2)CC1. The molecule has 0 unspecified atom stereocenters. The Morgan fingerprint density at radius 1 is 1.16 bits per heavy atom. The van der Waals surface area contributed by atoms with Crippen molar-refractivity contribution in [2.75, 3.05) is 32.8 Å². The van der Waals surface area contributed by atoms with Gasteiger partial charge in [-0.2, -0.15) is 0 Å². The molecule has 108 valence electrons. The number of amides is 1. The van der Waals surface area contributed by atoms with Gasteiger partial charge in [0.25, 0.3) is 0 Å². The molecule has 0 aliphatic carbocycles. The summed E-state index contributed by atoms with van der Waals surface area (Å²) in [5, 5.41) is 12.2. The van der Waals surface area contributed by atoms with Crippen molar-refractivity contribution in [3.8, 4) is 0 Å². The third-order valence-corrected chi connectivity index (χ3v) is 3.93. The van der Waals surface area contributed by atoms with E-state index in [2.05, 4.69) is 5.32 Å². The number of aliphatic carboxylic acids is 1. The minimum absolute atomic E-state index is 0.0117. The molecule has 0 atom stereocenters. The maximum absolute atomic E-state index is 12.0. The standard InChI is InChI=1S/C13H22N2O4/c16-12(9-19-11-1-5-14-6-2-11)15-7-3-10(4-8-15)13(17)18/h10-11,14H,1-9H2,(H,17,18). The molecule has 2 heterocycles. The molecule has 2 aliphatic heterocycles. The predicted molar refractivity (Wildman–Crippen MR) is 68.8 cm³/mol. The first kappa shape index (κ1) is 14.3. The van der Waals surface area contributed by atoms with E-state index in [9.17, 15) is 9.59 Å². The number of hydrogen-bond acceptors (Lipinski definition) is 4. The van der Waals surface area contributed by atoms with Crippen molar-refractivity contribution >= 4 is 11.9 Å². The Hall–Kier alpha value is -1.14. The molecule has 0 aromatic rings. The fourth-order valence-electron chi connectivity index (χ4n) is 2.62. The van der Waals surface area contributed by atoms with Crippen molar-refractivity contribution in [3.63, 3.8) is 0 Å². The van der Waals surface area contributed by atoms with Crippen LogP contribution in [0, 0.1) is 5.92 Å². The van der Waals surface area contributed by atoms with E-state index in [4.69, 9.17) is 9.84 Å². The zero-order chi connectivity index (χ0) is 13.7. The number of hydrogen-bond donors (Lipinski definition) is 2. The molecule has 0 aromatic carbocycles. The highest BCUT2D eigenvalue weighted by molar-refractivity contribution is 5.78. The van der Waals surface area contributed by atoms with Gasteiger partial charge in [-0.05, 0) is 38.8 Å². The van der Waals surface area contributed by atoms with Crippen LogP contribution < -0.4 is 5.32 Å². The van der Waals surface area contributed by atoms with Crippen molar-refractivity contribution in [1.82, 2.24) is 10.2 Å². The zero-order valence-corrected chi connectivity index (χ0v) is 11.1. The lowest BCUT2D eigenvalue weighted by Crippen LogP contribution is -2.43. The van der Waals surface area contributed by atoms with Crippen molar-refractivity contribution < 1.29 is 19.4 Å². The van der Waals surface area contributed by atoms with Crippen LogP contribution in [-0.4, -0.2) is 60.8 Å². The maximum Gasteiger partial charge on any atom is 0.306 e. The lowest BCUT2D eigenvalue weighted by Gasteiger charge is -2.31. The monoisotopic (exact) mass is 270 g/mol. The van der Waals surface area contributed by atoms with Gasteiger partial charge < -0.3 is 20.1 Å². The van der Waals surface area contributed by atoms with E-state index in [1.165, 1.54) is 0 Å². The Labute approximate surface area is 113 Å². The van der Waals surface area contributed by atoms with E-state index >= 15 is 0 Å². The van der Waals surface area contributed by atoms with Crippen molar-refractivity contribution in [2.45, 2.75) is 31.8 Å². The van der Waals surface area contributed by atoms with E-state index in [1.807, 2.05) is 0 Å². The topological polar surface area (TPSA) is 78.9 Å². The number of ether oxygens (including phenoxy) is 1. The molecule has 0 saturated carbocycles. The summed E-state index contributed by atoms with van der Waals surface area (Å²) < 4.78 is 5.62. The zero-order valence-electron chi connectivity index (χ0n) is 11.1. The Balaban J connectivity index is 1.67. The normalized spacial score (nSPS) is 22.4. The number of carboxylic acids is 1. The second-order valence-electron chi connectivity index (χ2n) is 5.25. The summed E-state index contributed by atoms with van der Waals surface area (Å²) in [5.74, 6) is -1.06.